The smallest absolute Gasteiger partial charge is 0.169 e. The number of rotatable bonds is 1. The summed E-state index contributed by atoms with van der Waals surface area (Å²) in [5.74, 6) is 0. The van der Waals surface area contributed by atoms with Gasteiger partial charge in [-0.1, -0.05) is 13.0 Å². The van der Waals surface area contributed by atoms with Crippen LogP contribution in [0.5, 0.6) is 0 Å². The average Bonchev–Trinajstić information content (AvgIpc) is 1.88. The summed E-state index contributed by atoms with van der Waals surface area (Å²) in [4.78, 5) is 0. The van der Waals surface area contributed by atoms with Gasteiger partial charge >= 0.3 is 0 Å². The molecule has 0 aromatic carbocycles. The molecule has 3 heteroatoms. The topological polar surface area (TPSA) is 9.23 Å². The second-order valence-electron chi connectivity index (χ2n) is 3.62. The van der Waals surface area contributed by atoms with Gasteiger partial charge in [0.05, 0.1) is 0 Å². The molecule has 60 valence electrons. The third-order valence-corrected chi connectivity index (χ3v) is 12.5. The highest BCUT2D eigenvalue weighted by Gasteiger charge is 2.31. The Balaban J connectivity index is 2.45. The Morgan fingerprint density at radius 2 is 2.30 bits per heavy atom. The van der Waals surface area contributed by atoms with E-state index in [0.717, 1.165) is 0 Å². The molecule has 0 aliphatic carbocycles. The predicted octanol–water partition coefficient (Wildman–Crippen LogP) is 1.47. The van der Waals surface area contributed by atoms with Gasteiger partial charge in [0.25, 0.3) is 0 Å². The van der Waals surface area contributed by atoms with E-state index in [2.05, 4.69) is 20.0 Å². The third kappa shape index (κ3) is 1.94. The lowest BCUT2D eigenvalue weighted by Gasteiger charge is -2.34. The molecule has 0 saturated carbocycles. The molecule has 1 heterocycles. The summed E-state index contributed by atoms with van der Waals surface area (Å²) in [6, 6.07) is 1.44. The van der Waals surface area contributed by atoms with Crippen molar-refractivity contribution in [3.05, 3.63) is 0 Å². The van der Waals surface area contributed by atoms with E-state index in [0.29, 0.717) is 6.10 Å². The highest BCUT2D eigenvalue weighted by molar-refractivity contribution is 7.20. The highest BCUT2D eigenvalue weighted by Crippen LogP contribution is 2.24. The number of hydrogen-bond acceptors (Lipinski definition) is 1. The lowest BCUT2D eigenvalue weighted by Crippen LogP contribution is -2.46. The van der Waals surface area contributed by atoms with Gasteiger partial charge < -0.3 is 4.43 Å². The Morgan fingerprint density at radius 1 is 1.60 bits per heavy atom. The van der Waals surface area contributed by atoms with Crippen molar-refractivity contribution in [3.63, 3.8) is 0 Å². The van der Waals surface area contributed by atoms with Crippen molar-refractivity contribution in [1.82, 2.24) is 0 Å². The molecule has 10 heavy (non-hydrogen) atoms. The maximum atomic E-state index is 6.02. The predicted molar refractivity (Wildman–Crippen MR) is 50.6 cm³/mol. The van der Waals surface area contributed by atoms with Crippen molar-refractivity contribution in [1.29, 1.82) is 0 Å². The van der Waals surface area contributed by atoms with Crippen molar-refractivity contribution >= 4 is 16.9 Å². The minimum Gasteiger partial charge on any atom is -0.418 e. The Morgan fingerprint density at radius 3 is 2.70 bits per heavy atom. The SMILES string of the molecule is C[SiH2][Si]1(C)CCCC(C)O1. The maximum Gasteiger partial charge on any atom is 0.169 e. The van der Waals surface area contributed by atoms with Gasteiger partial charge in [0.15, 0.2) is 7.83 Å². The first-order valence-corrected chi connectivity index (χ1v) is 10.7. The highest BCUT2D eigenvalue weighted by atomic mass is 29.2. The molecular weight excluding hydrogens is 156 g/mol. The molecule has 1 aliphatic rings. The zero-order chi connectivity index (χ0) is 7.61. The molecule has 1 saturated heterocycles. The van der Waals surface area contributed by atoms with Crippen LogP contribution < -0.4 is 0 Å². The van der Waals surface area contributed by atoms with E-state index in [-0.39, 0.29) is 9.04 Å². The van der Waals surface area contributed by atoms with Gasteiger partial charge in [-0.15, -0.1) is 0 Å². The van der Waals surface area contributed by atoms with Gasteiger partial charge in [-0.3, -0.25) is 0 Å². The van der Waals surface area contributed by atoms with Gasteiger partial charge in [0.1, 0.15) is 0 Å². The third-order valence-electron chi connectivity index (χ3n) is 2.55. The van der Waals surface area contributed by atoms with Gasteiger partial charge in [-0.05, 0) is 25.9 Å². The standard InChI is InChI=1S/C7H18OSi2/c1-7-5-4-6-10(3,8-7)9-2/h7H,4-6,9H2,1-3H3. The lowest BCUT2D eigenvalue weighted by molar-refractivity contribution is 0.186. The Kier molecular flexibility index (Phi) is 2.71. The fraction of sp³-hybridized carbons (Fsp3) is 1.00. The van der Waals surface area contributed by atoms with Crippen LogP contribution in [-0.2, 0) is 4.43 Å². The summed E-state index contributed by atoms with van der Waals surface area (Å²) in [6.45, 7) is 7.06. The van der Waals surface area contributed by atoms with E-state index in [1.165, 1.54) is 18.9 Å². The van der Waals surface area contributed by atoms with Crippen LogP contribution in [0.2, 0.25) is 19.1 Å². The molecule has 0 bridgehead atoms. The molecule has 0 N–H and O–H groups in total. The normalized spacial score (nSPS) is 42.9. The minimum absolute atomic E-state index is 0.157. The van der Waals surface area contributed by atoms with Gasteiger partial charge in [0, 0.05) is 15.1 Å². The van der Waals surface area contributed by atoms with Crippen molar-refractivity contribution < 1.29 is 4.43 Å². The molecule has 1 nitrogen and oxygen atoms in total. The zero-order valence-corrected chi connectivity index (χ0v) is 9.73. The van der Waals surface area contributed by atoms with Crippen molar-refractivity contribution in [2.24, 2.45) is 0 Å². The van der Waals surface area contributed by atoms with Crippen molar-refractivity contribution in [2.45, 2.75) is 45.0 Å². The average molecular weight is 174 g/mol. The second-order valence-corrected chi connectivity index (χ2v) is 14.6. The maximum absolute atomic E-state index is 6.02. The second kappa shape index (κ2) is 3.19. The molecule has 0 amide bonds. The molecule has 0 aromatic rings. The van der Waals surface area contributed by atoms with E-state index < -0.39 is 7.83 Å². The van der Waals surface area contributed by atoms with Crippen LogP contribution in [0.3, 0.4) is 0 Å². The summed E-state index contributed by atoms with van der Waals surface area (Å²) in [6.07, 6.45) is 3.32. The summed E-state index contributed by atoms with van der Waals surface area (Å²) >= 11 is 0. The Bertz CT molecular complexity index is 118. The van der Waals surface area contributed by atoms with Crippen LogP contribution in [0, 0.1) is 0 Å². The molecule has 1 fully saturated rings. The summed E-state index contributed by atoms with van der Waals surface area (Å²) < 4.78 is 6.02. The van der Waals surface area contributed by atoms with Crippen LogP contribution >= 0.6 is 0 Å². The summed E-state index contributed by atoms with van der Waals surface area (Å²) in [5, 5.41) is 0. The van der Waals surface area contributed by atoms with E-state index in [9.17, 15) is 0 Å². The molecule has 0 aromatic heterocycles. The fourth-order valence-corrected chi connectivity index (χ4v) is 7.47. The summed E-state index contributed by atoms with van der Waals surface area (Å²) in [5.41, 5.74) is 0. The van der Waals surface area contributed by atoms with E-state index >= 15 is 0 Å². The van der Waals surface area contributed by atoms with Gasteiger partial charge in [-0.25, -0.2) is 0 Å². The molecule has 1 rings (SSSR count). The molecule has 0 radical (unpaired) electrons. The van der Waals surface area contributed by atoms with Crippen molar-refractivity contribution in [2.75, 3.05) is 0 Å². The van der Waals surface area contributed by atoms with Crippen molar-refractivity contribution in [3.8, 4) is 0 Å². The largest absolute Gasteiger partial charge is 0.418 e. The quantitative estimate of drug-likeness (QED) is 0.547. The number of hydrogen-bond donors (Lipinski definition) is 0. The molecular formula is C7H18OSi2. The first-order chi connectivity index (χ1) is 4.66. The van der Waals surface area contributed by atoms with E-state index in [1.54, 1.807) is 0 Å². The van der Waals surface area contributed by atoms with Crippen LogP contribution in [0.25, 0.3) is 0 Å². The molecule has 0 spiro atoms. The fourth-order valence-electron chi connectivity index (χ4n) is 1.63. The lowest BCUT2D eigenvalue weighted by atomic mass is 10.2. The Hall–Kier alpha value is 0.394. The first kappa shape index (κ1) is 8.49. The monoisotopic (exact) mass is 174 g/mol. The first-order valence-electron chi connectivity index (χ1n) is 4.34. The molecule has 2 atom stereocenters. The Labute approximate surface area is 66.9 Å². The van der Waals surface area contributed by atoms with Crippen LogP contribution in [0.4, 0.5) is 0 Å². The van der Waals surface area contributed by atoms with E-state index in [1.807, 2.05) is 0 Å². The van der Waals surface area contributed by atoms with Gasteiger partial charge in [0.2, 0.25) is 0 Å². The van der Waals surface area contributed by atoms with Crippen LogP contribution in [0.15, 0.2) is 0 Å². The minimum atomic E-state index is -1.03. The summed E-state index contributed by atoms with van der Waals surface area (Å²) in [7, 11) is -0.878. The molecule has 1 aliphatic heterocycles. The van der Waals surface area contributed by atoms with Crippen LogP contribution in [0.1, 0.15) is 19.8 Å². The van der Waals surface area contributed by atoms with Crippen LogP contribution in [-0.4, -0.2) is 23.0 Å². The van der Waals surface area contributed by atoms with Gasteiger partial charge in [-0.2, -0.15) is 0 Å². The zero-order valence-electron chi connectivity index (χ0n) is 7.31. The van der Waals surface area contributed by atoms with E-state index in [4.69, 9.17) is 4.43 Å². The molecule has 2 unspecified atom stereocenters.